The molecule has 0 saturated carbocycles. The van der Waals surface area contributed by atoms with Gasteiger partial charge < -0.3 is 5.32 Å². The molecule has 1 fully saturated rings. The zero-order valence-electron chi connectivity index (χ0n) is 16.9. The smallest absolute Gasteiger partial charge is 0.228 e. The maximum atomic E-state index is 12.7. The first-order valence-electron chi connectivity index (χ1n) is 10.2. The van der Waals surface area contributed by atoms with Crippen LogP contribution in [0.3, 0.4) is 0 Å². The Morgan fingerprint density at radius 1 is 1.20 bits per heavy atom. The first-order valence-corrected chi connectivity index (χ1v) is 12.6. The Morgan fingerprint density at radius 2 is 1.97 bits per heavy atom. The van der Waals surface area contributed by atoms with Crippen LogP contribution < -0.4 is 5.32 Å². The summed E-state index contributed by atoms with van der Waals surface area (Å²) in [6.45, 7) is 2.62. The summed E-state index contributed by atoms with van der Waals surface area (Å²) in [6.07, 6.45) is 1.99. The molecule has 8 heteroatoms. The highest BCUT2D eigenvalue weighted by molar-refractivity contribution is 7.89. The molecule has 1 atom stereocenters. The van der Waals surface area contributed by atoms with Crippen LogP contribution >= 0.6 is 11.3 Å². The summed E-state index contributed by atoms with van der Waals surface area (Å²) in [7, 11) is -3.27. The highest BCUT2D eigenvalue weighted by atomic mass is 32.2. The molecule has 1 saturated heterocycles. The van der Waals surface area contributed by atoms with Crippen LogP contribution in [0.2, 0.25) is 0 Å². The van der Waals surface area contributed by atoms with Crippen molar-refractivity contribution in [3.63, 3.8) is 0 Å². The van der Waals surface area contributed by atoms with Crippen molar-refractivity contribution in [2.24, 2.45) is 5.92 Å². The lowest BCUT2D eigenvalue weighted by Crippen LogP contribution is -2.44. The zero-order valence-corrected chi connectivity index (χ0v) is 18.5. The first kappa shape index (κ1) is 21.0. The summed E-state index contributed by atoms with van der Waals surface area (Å²) in [5.41, 5.74) is 2.69. The van der Waals surface area contributed by atoms with Crippen molar-refractivity contribution in [3.8, 4) is 10.6 Å². The fraction of sp³-hybridized carbons (Fsp3) is 0.364. The average Bonchev–Trinajstić information content (AvgIpc) is 3.18. The van der Waals surface area contributed by atoms with Gasteiger partial charge in [0.15, 0.2) is 0 Å². The van der Waals surface area contributed by atoms with Gasteiger partial charge in [0.25, 0.3) is 0 Å². The minimum atomic E-state index is -3.27. The van der Waals surface area contributed by atoms with Gasteiger partial charge in [0.1, 0.15) is 5.01 Å². The molecule has 0 radical (unpaired) electrons. The fourth-order valence-electron chi connectivity index (χ4n) is 3.73. The van der Waals surface area contributed by atoms with E-state index in [9.17, 15) is 13.2 Å². The van der Waals surface area contributed by atoms with Crippen LogP contribution in [0.5, 0.6) is 0 Å². The summed E-state index contributed by atoms with van der Waals surface area (Å²) in [5.74, 6) is -0.317. The second kappa shape index (κ2) is 8.83. The van der Waals surface area contributed by atoms with E-state index in [1.807, 2.05) is 49.4 Å². The summed E-state index contributed by atoms with van der Waals surface area (Å²) >= 11 is 1.64. The lowest BCUT2D eigenvalue weighted by Gasteiger charge is -2.31. The molecule has 1 amide bonds. The normalized spacial score (nSPS) is 17.8. The van der Waals surface area contributed by atoms with Crippen molar-refractivity contribution in [2.75, 3.05) is 24.2 Å². The standard InChI is InChI=1S/C22H25N3O3S2/c1-2-14-30(27,28)25-13-5-6-17(15-25)21(26)23-18-11-9-16(10-12-18)22-24-19-7-3-4-8-20(19)29-22/h3-4,7-12,17H,2,5-6,13-15H2,1H3,(H,23,26). The third-order valence-electron chi connectivity index (χ3n) is 5.30. The van der Waals surface area contributed by atoms with Crippen LogP contribution in [0.15, 0.2) is 48.5 Å². The second-order valence-electron chi connectivity index (χ2n) is 7.57. The Bertz CT molecular complexity index is 1110. The summed E-state index contributed by atoms with van der Waals surface area (Å²) in [6, 6.07) is 15.7. The van der Waals surface area contributed by atoms with E-state index in [0.29, 0.717) is 31.5 Å². The summed E-state index contributed by atoms with van der Waals surface area (Å²) < 4.78 is 27.3. The molecule has 3 aromatic rings. The number of hydrogen-bond donors (Lipinski definition) is 1. The number of benzene rings is 2. The van der Waals surface area contributed by atoms with Gasteiger partial charge in [-0.3, -0.25) is 4.79 Å². The third kappa shape index (κ3) is 4.55. The molecule has 1 unspecified atom stereocenters. The van der Waals surface area contributed by atoms with Crippen LogP contribution in [-0.4, -0.2) is 42.5 Å². The quantitative estimate of drug-likeness (QED) is 0.614. The van der Waals surface area contributed by atoms with Gasteiger partial charge in [-0.05, 0) is 55.7 Å². The summed E-state index contributed by atoms with van der Waals surface area (Å²) in [5, 5.41) is 3.89. The number of para-hydroxylation sites is 1. The molecule has 1 aliphatic heterocycles. The van der Waals surface area contributed by atoms with E-state index in [-0.39, 0.29) is 24.1 Å². The summed E-state index contributed by atoms with van der Waals surface area (Å²) in [4.78, 5) is 17.4. The lowest BCUT2D eigenvalue weighted by molar-refractivity contribution is -0.120. The number of aromatic nitrogens is 1. The van der Waals surface area contributed by atoms with Gasteiger partial charge >= 0.3 is 0 Å². The minimum Gasteiger partial charge on any atom is -0.326 e. The fourth-order valence-corrected chi connectivity index (χ4v) is 6.29. The number of anilines is 1. The SMILES string of the molecule is CCCS(=O)(=O)N1CCCC(C(=O)Nc2ccc(-c3nc4ccccc4s3)cc2)C1. The van der Waals surface area contributed by atoms with Crippen LogP contribution in [0.25, 0.3) is 20.8 Å². The molecule has 0 bridgehead atoms. The van der Waals surface area contributed by atoms with E-state index in [0.717, 1.165) is 20.8 Å². The van der Waals surface area contributed by atoms with E-state index < -0.39 is 10.0 Å². The van der Waals surface area contributed by atoms with Gasteiger partial charge in [0.2, 0.25) is 15.9 Å². The van der Waals surface area contributed by atoms with E-state index in [2.05, 4.69) is 16.4 Å². The van der Waals surface area contributed by atoms with Crippen LogP contribution in [-0.2, 0) is 14.8 Å². The monoisotopic (exact) mass is 443 g/mol. The van der Waals surface area contributed by atoms with Gasteiger partial charge in [-0.15, -0.1) is 11.3 Å². The van der Waals surface area contributed by atoms with Gasteiger partial charge in [-0.25, -0.2) is 17.7 Å². The highest BCUT2D eigenvalue weighted by Crippen LogP contribution is 2.30. The minimum absolute atomic E-state index is 0.126. The van der Waals surface area contributed by atoms with Crippen molar-refractivity contribution in [1.29, 1.82) is 0 Å². The number of nitrogens with zero attached hydrogens (tertiary/aromatic N) is 2. The Hall–Kier alpha value is -2.29. The van der Waals surface area contributed by atoms with Crippen molar-refractivity contribution in [2.45, 2.75) is 26.2 Å². The number of sulfonamides is 1. The van der Waals surface area contributed by atoms with E-state index in [1.165, 1.54) is 4.31 Å². The van der Waals surface area contributed by atoms with Gasteiger partial charge in [0.05, 0.1) is 21.9 Å². The average molecular weight is 444 g/mol. The number of nitrogens with one attached hydrogen (secondary N) is 1. The molecule has 1 aliphatic rings. The number of piperidine rings is 1. The molecule has 30 heavy (non-hydrogen) atoms. The predicted octanol–water partition coefficient (Wildman–Crippen LogP) is 4.35. The Balaban J connectivity index is 1.42. The maximum Gasteiger partial charge on any atom is 0.228 e. The van der Waals surface area contributed by atoms with E-state index in [4.69, 9.17) is 0 Å². The number of carbonyl (C=O) groups is 1. The van der Waals surface area contributed by atoms with Crippen molar-refractivity contribution in [3.05, 3.63) is 48.5 Å². The first-order chi connectivity index (χ1) is 14.5. The molecule has 0 aliphatic carbocycles. The van der Waals surface area contributed by atoms with Crippen molar-refractivity contribution < 1.29 is 13.2 Å². The molecule has 1 N–H and O–H groups in total. The third-order valence-corrected chi connectivity index (χ3v) is 8.43. The van der Waals surface area contributed by atoms with Gasteiger partial charge in [-0.2, -0.15) is 0 Å². The van der Waals surface area contributed by atoms with Gasteiger partial charge in [0, 0.05) is 24.3 Å². The zero-order chi connectivity index (χ0) is 21.1. The number of fused-ring (bicyclic) bond motifs is 1. The van der Waals surface area contributed by atoms with Crippen molar-refractivity contribution in [1.82, 2.24) is 9.29 Å². The molecule has 2 heterocycles. The largest absolute Gasteiger partial charge is 0.326 e. The Kier molecular flexibility index (Phi) is 6.17. The van der Waals surface area contributed by atoms with E-state index in [1.54, 1.807) is 11.3 Å². The molecule has 4 rings (SSSR count). The maximum absolute atomic E-state index is 12.7. The Labute approximate surface area is 181 Å². The molecule has 1 aromatic heterocycles. The van der Waals surface area contributed by atoms with E-state index >= 15 is 0 Å². The number of rotatable bonds is 6. The Morgan fingerprint density at radius 3 is 2.70 bits per heavy atom. The molecular weight excluding hydrogens is 418 g/mol. The number of amides is 1. The number of hydrogen-bond acceptors (Lipinski definition) is 5. The molecule has 6 nitrogen and oxygen atoms in total. The predicted molar refractivity (Wildman–Crippen MR) is 122 cm³/mol. The number of carbonyl (C=O) groups excluding carboxylic acids is 1. The highest BCUT2D eigenvalue weighted by Gasteiger charge is 2.31. The number of thiazole rings is 1. The molecular formula is C22H25N3O3S2. The van der Waals surface area contributed by atoms with Crippen molar-refractivity contribution >= 4 is 43.2 Å². The molecule has 2 aromatic carbocycles. The lowest BCUT2D eigenvalue weighted by atomic mass is 9.98. The molecule has 0 spiro atoms. The molecule has 158 valence electrons. The van der Waals surface area contributed by atoms with Crippen LogP contribution in [0.1, 0.15) is 26.2 Å². The van der Waals surface area contributed by atoms with Crippen LogP contribution in [0.4, 0.5) is 5.69 Å². The van der Waals surface area contributed by atoms with Gasteiger partial charge in [-0.1, -0.05) is 19.1 Å². The van der Waals surface area contributed by atoms with Crippen LogP contribution in [0, 0.1) is 5.92 Å². The topological polar surface area (TPSA) is 79.4 Å². The second-order valence-corrected chi connectivity index (χ2v) is 10.7.